The van der Waals surface area contributed by atoms with Gasteiger partial charge in [-0.25, -0.2) is 4.90 Å². The molecule has 3 aliphatic rings. The van der Waals surface area contributed by atoms with Crippen molar-refractivity contribution >= 4 is 63.9 Å². The Morgan fingerprint density at radius 3 is 2.32 bits per heavy atom. The van der Waals surface area contributed by atoms with Crippen molar-refractivity contribution in [2.45, 2.75) is 12.1 Å². The molecule has 0 aromatic heterocycles. The summed E-state index contributed by atoms with van der Waals surface area (Å²) in [6, 6.07) is 15.6. The Kier molecular flexibility index (Phi) is 5.40. The molecule has 3 aromatic rings. The standard InChI is InChI=1S/C27H17Cl2N3O5/c28-16-11-17(29)13-19(12-16)30-26(34)22-21-9-8-14-4-1-2-7-20(14)31(21)24(23(22)27(30)35)25(33)15-5-3-6-18(10-15)32(36)37/h1-13,21-24H/t21-,22+,23+,24-/m0/s1. The van der Waals surface area contributed by atoms with Gasteiger partial charge >= 0.3 is 0 Å². The van der Waals surface area contributed by atoms with Crippen LogP contribution in [0.3, 0.4) is 0 Å². The molecule has 3 aromatic carbocycles. The van der Waals surface area contributed by atoms with Crippen molar-refractivity contribution in [1.29, 1.82) is 0 Å². The summed E-state index contributed by atoms with van der Waals surface area (Å²) in [5.74, 6) is -3.34. The molecule has 3 heterocycles. The molecule has 0 saturated carbocycles. The Labute approximate surface area is 220 Å². The van der Waals surface area contributed by atoms with E-state index in [4.69, 9.17) is 23.2 Å². The summed E-state index contributed by atoms with van der Waals surface area (Å²) >= 11 is 12.3. The van der Waals surface area contributed by atoms with Gasteiger partial charge < -0.3 is 4.90 Å². The van der Waals surface area contributed by atoms with Gasteiger partial charge in [0, 0.05) is 33.4 Å². The Balaban J connectivity index is 1.50. The van der Waals surface area contributed by atoms with Crippen LogP contribution in [0.4, 0.5) is 17.1 Å². The minimum Gasteiger partial charge on any atom is -0.352 e. The highest BCUT2D eigenvalue weighted by Gasteiger charge is 2.64. The second-order valence-electron chi connectivity index (χ2n) is 9.12. The summed E-state index contributed by atoms with van der Waals surface area (Å²) in [6.45, 7) is 0. The van der Waals surface area contributed by atoms with Crippen molar-refractivity contribution in [2.75, 3.05) is 9.80 Å². The number of hydrogen-bond acceptors (Lipinski definition) is 6. The minimum absolute atomic E-state index is 0.0927. The number of non-ortho nitro benzene ring substituents is 1. The number of amides is 2. The first-order valence-corrected chi connectivity index (χ1v) is 12.2. The van der Waals surface area contributed by atoms with Crippen molar-refractivity contribution in [2.24, 2.45) is 11.8 Å². The van der Waals surface area contributed by atoms with Crippen LogP contribution in [0.1, 0.15) is 15.9 Å². The number of anilines is 2. The zero-order chi connectivity index (χ0) is 26.0. The fourth-order valence-electron chi connectivity index (χ4n) is 5.68. The van der Waals surface area contributed by atoms with Crippen LogP contribution < -0.4 is 9.80 Å². The van der Waals surface area contributed by atoms with E-state index in [1.54, 1.807) is 0 Å². The van der Waals surface area contributed by atoms with Gasteiger partial charge in [-0.05, 0) is 29.8 Å². The average molecular weight is 534 g/mol. The third kappa shape index (κ3) is 3.55. The van der Waals surface area contributed by atoms with Gasteiger partial charge in [-0.15, -0.1) is 0 Å². The zero-order valence-corrected chi connectivity index (χ0v) is 20.5. The number of Topliss-reactive ketones (excluding diaryl/α,β-unsaturated/α-hetero) is 1. The maximum atomic E-state index is 14.0. The Hall–Kier alpha value is -4.01. The van der Waals surface area contributed by atoms with E-state index in [0.29, 0.717) is 5.69 Å². The first-order chi connectivity index (χ1) is 17.8. The van der Waals surface area contributed by atoms with Crippen LogP contribution in [-0.4, -0.2) is 34.6 Å². The number of fused-ring (bicyclic) bond motifs is 5. The van der Waals surface area contributed by atoms with Gasteiger partial charge in [-0.2, -0.15) is 0 Å². The zero-order valence-electron chi connectivity index (χ0n) is 19.0. The number of benzene rings is 3. The molecule has 2 saturated heterocycles. The van der Waals surface area contributed by atoms with Gasteiger partial charge in [0.25, 0.3) is 5.69 Å². The quantitative estimate of drug-likeness (QED) is 0.198. The van der Waals surface area contributed by atoms with Gasteiger partial charge in [-0.1, -0.05) is 65.7 Å². The number of carbonyl (C=O) groups excluding carboxylic acids is 3. The summed E-state index contributed by atoms with van der Waals surface area (Å²) in [4.78, 5) is 55.4. The number of carbonyl (C=O) groups is 3. The number of ketones is 1. The van der Waals surface area contributed by atoms with Gasteiger partial charge in [0.15, 0.2) is 5.78 Å². The molecule has 2 fully saturated rings. The third-order valence-corrected chi connectivity index (χ3v) is 7.57. The van der Waals surface area contributed by atoms with Crippen LogP contribution in [0.2, 0.25) is 10.0 Å². The number of nitro groups is 1. The fraction of sp³-hybridized carbons (Fsp3) is 0.148. The summed E-state index contributed by atoms with van der Waals surface area (Å²) < 4.78 is 0. The molecule has 2 amide bonds. The summed E-state index contributed by atoms with van der Waals surface area (Å²) in [6.07, 6.45) is 3.71. The first-order valence-electron chi connectivity index (χ1n) is 11.4. The highest BCUT2D eigenvalue weighted by Crippen LogP contribution is 2.50. The predicted octanol–water partition coefficient (Wildman–Crippen LogP) is 5.17. The average Bonchev–Trinajstić information content (AvgIpc) is 3.35. The molecule has 4 atom stereocenters. The summed E-state index contributed by atoms with van der Waals surface area (Å²) in [7, 11) is 0. The van der Waals surface area contributed by atoms with E-state index in [1.807, 2.05) is 41.3 Å². The summed E-state index contributed by atoms with van der Waals surface area (Å²) in [5, 5.41) is 11.9. The van der Waals surface area contributed by atoms with Gasteiger partial charge in [0.05, 0.1) is 28.5 Å². The molecular formula is C27H17Cl2N3O5. The Bertz CT molecular complexity index is 1530. The van der Waals surface area contributed by atoms with Crippen LogP contribution in [0.5, 0.6) is 0 Å². The second kappa shape index (κ2) is 8.54. The maximum Gasteiger partial charge on any atom is 0.270 e. The second-order valence-corrected chi connectivity index (χ2v) is 10.00. The van der Waals surface area contributed by atoms with E-state index < -0.39 is 46.4 Å². The van der Waals surface area contributed by atoms with Crippen molar-refractivity contribution < 1.29 is 19.3 Å². The molecule has 3 aliphatic heterocycles. The van der Waals surface area contributed by atoms with Crippen molar-refractivity contribution in [3.63, 3.8) is 0 Å². The van der Waals surface area contributed by atoms with Crippen LogP contribution in [0.25, 0.3) is 6.08 Å². The molecule has 184 valence electrons. The highest BCUT2D eigenvalue weighted by molar-refractivity contribution is 6.36. The summed E-state index contributed by atoms with van der Waals surface area (Å²) in [5.41, 5.74) is 1.64. The molecule has 8 nitrogen and oxygen atoms in total. The van der Waals surface area contributed by atoms with Crippen molar-refractivity contribution in [1.82, 2.24) is 0 Å². The van der Waals surface area contributed by atoms with E-state index >= 15 is 0 Å². The fourth-order valence-corrected chi connectivity index (χ4v) is 6.19. The largest absolute Gasteiger partial charge is 0.352 e. The molecule has 0 N–H and O–H groups in total. The molecule has 10 heteroatoms. The number of halogens is 2. The number of hydrogen-bond donors (Lipinski definition) is 0. The van der Waals surface area contributed by atoms with Crippen molar-refractivity contribution in [3.8, 4) is 0 Å². The van der Waals surface area contributed by atoms with E-state index in [2.05, 4.69) is 0 Å². The monoisotopic (exact) mass is 533 g/mol. The van der Waals surface area contributed by atoms with E-state index in [1.165, 1.54) is 42.5 Å². The minimum atomic E-state index is -1.06. The van der Waals surface area contributed by atoms with Gasteiger partial charge in [0.1, 0.15) is 6.04 Å². The normalized spacial score (nSPS) is 23.6. The molecule has 0 radical (unpaired) electrons. The molecule has 37 heavy (non-hydrogen) atoms. The van der Waals surface area contributed by atoms with Crippen LogP contribution >= 0.6 is 23.2 Å². The van der Waals surface area contributed by atoms with Crippen LogP contribution in [-0.2, 0) is 9.59 Å². The van der Waals surface area contributed by atoms with E-state index in [-0.39, 0.29) is 27.0 Å². The van der Waals surface area contributed by atoms with Crippen LogP contribution in [0.15, 0.2) is 72.8 Å². The highest BCUT2D eigenvalue weighted by atomic mass is 35.5. The maximum absolute atomic E-state index is 14.0. The smallest absolute Gasteiger partial charge is 0.270 e. The lowest BCUT2D eigenvalue weighted by Crippen LogP contribution is -2.48. The van der Waals surface area contributed by atoms with Crippen molar-refractivity contribution in [3.05, 3.63) is 104 Å². The topological polar surface area (TPSA) is 101 Å². The molecular weight excluding hydrogens is 517 g/mol. The molecule has 6 rings (SSSR count). The lowest BCUT2D eigenvalue weighted by atomic mass is 9.86. The Morgan fingerprint density at radius 2 is 1.59 bits per heavy atom. The number of nitrogens with zero attached hydrogens (tertiary/aromatic N) is 3. The molecule has 0 bridgehead atoms. The lowest BCUT2D eigenvalue weighted by molar-refractivity contribution is -0.384. The third-order valence-electron chi connectivity index (χ3n) is 7.13. The number of nitro benzene ring substituents is 1. The first kappa shape index (κ1) is 23.4. The van der Waals surface area contributed by atoms with Gasteiger partial charge in [-0.3, -0.25) is 24.5 Å². The van der Waals surface area contributed by atoms with Crippen LogP contribution in [0, 0.1) is 22.0 Å². The molecule has 0 spiro atoms. The van der Waals surface area contributed by atoms with E-state index in [0.717, 1.165) is 10.5 Å². The number of imide groups is 1. The van der Waals surface area contributed by atoms with E-state index in [9.17, 15) is 24.5 Å². The number of rotatable bonds is 4. The SMILES string of the molecule is O=C(c1cccc([N+](=O)[O-])c1)[C@@H]1[C@@H]2C(=O)N(c3cc(Cl)cc(Cl)c3)C(=O)[C@@H]2[C@@H]2C=Cc3ccccc3N12. The molecule has 0 unspecified atom stereocenters. The predicted molar refractivity (Wildman–Crippen MR) is 139 cm³/mol. The lowest BCUT2D eigenvalue weighted by Gasteiger charge is -2.36. The molecule has 0 aliphatic carbocycles. The number of para-hydroxylation sites is 1. The van der Waals surface area contributed by atoms with Gasteiger partial charge in [0.2, 0.25) is 11.8 Å². The Morgan fingerprint density at radius 1 is 0.892 bits per heavy atom.